The zero-order valence-electron chi connectivity index (χ0n) is 10.2. The van der Waals surface area contributed by atoms with Crippen LogP contribution in [0.25, 0.3) is 0 Å². The molecule has 19 heavy (non-hydrogen) atoms. The molecule has 0 aromatic heterocycles. The zero-order chi connectivity index (χ0) is 13.8. The fourth-order valence-corrected chi connectivity index (χ4v) is 3.15. The van der Waals surface area contributed by atoms with Crippen molar-refractivity contribution in [2.75, 3.05) is 18.1 Å². The molecule has 1 unspecified atom stereocenters. The second-order valence-corrected chi connectivity index (χ2v) is 5.48. The summed E-state index contributed by atoms with van der Waals surface area (Å²) in [5, 5.41) is 18.0. The smallest absolute Gasteiger partial charge is 0.321 e. The van der Waals surface area contributed by atoms with E-state index in [1.54, 1.807) is 23.9 Å². The van der Waals surface area contributed by atoms with Gasteiger partial charge in [-0.2, -0.15) is 17.0 Å². The molecule has 0 saturated carbocycles. The summed E-state index contributed by atoms with van der Waals surface area (Å²) in [5.41, 5.74) is 0.756. The first-order chi connectivity index (χ1) is 9.11. The Morgan fingerprint density at radius 3 is 3.11 bits per heavy atom. The minimum Gasteiger partial charge on any atom is -0.480 e. The second-order valence-electron chi connectivity index (χ2n) is 4.33. The predicted octanol–water partition coefficient (Wildman–Crippen LogP) is 1.70. The van der Waals surface area contributed by atoms with Crippen LogP contribution in [0.2, 0.25) is 0 Å². The van der Waals surface area contributed by atoms with Gasteiger partial charge in [-0.3, -0.25) is 9.69 Å². The summed E-state index contributed by atoms with van der Waals surface area (Å²) in [4.78, 5) is 13.0. The molecule has 1 aromatic rings. The number of benzene rings is 1. The Bertz CT molecular complexity index is 530. The van der Waals surface area contributed by atoms with Gasteiger partial charge in [-0.1, -0.05) is 6.07 Å². The number of carbonyl (C=O) groups is 1. The topological polar surface area (TPSA) is 64.3 Å². The summed E-state index contributed by atoms with van der Waals surface area (Å²) < 4.78 is 13.2. The van der Waals surface area contributed by atoms with Gasteiger partial charge < -0.3 is 5.11 Å². The number of aliphatic carboxylic acids is 1. The van der Waals surface area contributed by atoms with Crippen LogP contribution in [-0.2, 0) is 11.3 Å². The molecular weight excluding hydrogens is 267 g/mol. The summed E-state index contributed by atoms with van der Waals surface area (Å²) in [6, 6.07) is 5.60. The van der Waals surface area contributed by atoms with E-state index in [4.69, 9.17) is 10.4 Å². The van der Waals surface area contributed by atoms with E-state index in [1.807, 2.05) is 4.90 Å². The minimum absolute atomic E-state index is 0.00393. The highest BCUT2D eigenvalue weighted by molar-refractivity contribution is 7.99. The third-order valence-corrected chi connectivity index (χ3v) is 4.08. The van der Waals surface area contributed by atoms with Crippen LogP contribution >= 0.6 is 11.8 Å². The van der Waals surface area contributed by atoms with Crippen molar-refractivity contribution in [1.29, 1.82) is 5.26 Å². The van der Waals surface area contributed by atoms with Crippen molar-refractivity contribution < 1.29 is 14.3 Å². The Kier molecular flexibility index (Phi) is 4.40. The third kappa shape index (κ3) is 3.25. The standard InChI is InChI=1S/C13H13FN2O2S/c14-11-2-1-9(5-10(11)6-15)7-16-3-4-19-8-12(16)13(17)18/h1-2,5,12H,3-4,7-8H2,(H,17,18). The van der Waals surface area contributed by atoms with E-state index in [1.165, 1.54) is 12.1 Å². The maximum atomic E-state index is 13.2. The van der Waals surface area contributed by atoms with Gasteiger partial charge in [0.05, 0.1) is 5.56 Å². The van der Waals surface area contributed by atoms with Gasteiger partial charge in [0.15, 0.2) is 0 Å². The summed E-state index contributed by atoms with van der Waals surface area (Å²) >= 11 is 1.62. The monoisotopic (exact) mass is 280 g/mol. The number of halogens is 1. The molecule has 1 heterocycles. The summed E-state index contributed by atoms with van der Waals surface area (Å²) in [7, 11) is 0. The average molecular weight is 280 g/mol. The van der Waals surface area contributed by atoms with Gasteiger partial charge in [-0.15, -0.1) is 0 Å². The first-order valence-corrected chi connectivity index (χ1v) is 7.00. The fourth-order valence-electron chi connectivity index (χ4n) is 2.05. The van der Waals surface area contributed by atoms with Gasteiger partial charge in [0.2, 0.25) is 0 Å². The van der Waals surface area contributed by atoms with Gasteiger partial charge in [-0.05, 0) is 17.7 Å². The lowest BCUT2D eigenvalue weighted by molar-refractivity contribution is -0.142. The SMILES string of the molecule is N#Cc1cc(CN2CCSCC2C(=O)O)ccc1F. The average Bonchev–Trinajstić information content (AvgIpc) is 2.41. The highest BCUT2D eigenvalue weighted by atomic mass is 32.2. The Labute approximate surface area is 114 Å². The minimum atomic E-state index is -0.838. The number of nitrogens with zero attached hydrogens (tertiary/aromatic N) is 2. The number of carboxylic acid groups (broad SMARTS) is 1. The van der Waals surface area contributed by atoms with Gasteiger partial charge in [0, 0.05) is 24.6 Å². The van der Waals surface area contributed by atoms with Crippen molar-refractivity contribution in [2.45, 2.75) is 12.6 Å². The molecule has 1 fully saturated rings. The van der Waals surface area contributed by atoms with Crippen molar-refractivity contribution in [3.8, 4) is 6.07 Å². The van der Waals surface area contributed by atoms with E-state index >= 15 is 0 Å². The molecule has 1 aliphatic heterocycles. The van der Waals surface area contributed by atoms with E-state index in [0.717, 1.165) is 11.3 Å². The molecule has 0 radical (unpaired) electrons. The lowest BCUT2D eigenvalue weighted by atomic mass is 10.1. The van der Waals surface area contributed by atoms with Crippen LogP contribution in [0.4, 0.5) is 4.39 Å². The molecule has 0 bridgehead atoms. The lowest BCUT2D eigenvalue weighted by Gasteiger charge is -2.32. The van der Waals surface area contributed by atoms with Crippen LogP contribution in [0.15, 0.2) is 18.2 Å². The van der Waals surface area contributed by atoms with E-state index in [0.29, 0.717) is 18.8 Å². The Balaban J connectivity index is 2.15. The zero-order valence-corrected chi connectivity index (χ0v) is 11.0. The fraction of sp³-hybridized carbons (Fsp3) is 0.385. The third-order valence-electron chi connectivity index (χ3n) is 3.06. The van der Waals surface area contributed by atoms with Gasteiger partial charge in [-0.25, -0.2) is 4.39 Å². The molecule has 4 nitrogen and oxygen atoms in total. The molecule has 1 saturated heterocycles. The van der Waals surface area contributed by atoms with Crippen molar-refractivity contribution >= 4 is 17.7 Å². The summed E-state index contributed by atoms with van der Waals surface area (Å²) in [5.74, 6) is 0.0580. The van der Waals surface area contributed by atoms with Crippen LogP contribution in [0.1, 0.15) is 11.1 Å². The highest BCUT2D eigenvalue weighted by Gasteiger charge is 2.28. The van der Waals surface area contributed by atoms with Gasteiger partial charge in [0.25, 0.3) is 0 Å². The Morgan fingerprint density at radius 2 is 2.42 bits per heavy atom. The van der Waals surface area contributed by atoms with Crippen molar-refractivity contribution in [1.82, 2.24) is 4.90 Å². The first kappa shape index (κ1) is 13.8. The molecule has 100 valence electrons. The molecule has 1 N–H and O–H groups in total. The number of nitriles is 1. The summed E-state index contributed by atoms with van der Waals surface area (Å²) in [6.07, 6.45) is 0. The Morgan fingerprint density at radius 1 is 1.63 bits per heavy atom. The molecule has 1 aliphatic rings. The van der Waals surface area contributed by atoms with Crippen LogP contribution in [0, 0.1) is 17.1 Å². The van der Waals surface area contributed by atoms with Gasteiger partial charge in [0.1, 0.15) is 17.9 Å². The maximum Gasteiger partial charge on any atom is 0.321 e. The molecule has 1 aromatic carbocycles. The van der Waals surface area contributed by atoms with Crippen LogP contribution < -0.4 is 0 Å². The van der Waals surface area contributed by atoms with Crippen LogP contribution in [0.3, 0.4) is 0 Å². The van der Waals surface area contributed by atoms with Crippen molar-refractivity contribution in [3.05, 3.63) is 35.1 Å². The normalized spacial score (nSPS) is 19.9. The van der Waals surface area contributed by atoms with Crippen LogP contribution in [0.5, 0.6) is 0 Å². The number of hydrogen-bond acceptors (Lipinski definition) is 4. The Hall–Kier alpha value is -1.58. The molecule has 2 rings (SSSR count). The van der Waals surface area contributed by atoms with E-state index < -0.39 is 17.8 Å². The maximum absolute atomic E-state index is 13.2. The lowest BCUT2D eigenvalue weighted by Crippen LogP contribution is -2.46. The van der Waals surface area contributed by atoms with E-state index in [2.05, 4.69) is 0 Å². The van der Waals surface area contributed by atoms with Crippen molar-refractivity contribution in [3.63, 3.8) is 0 Å². The summed E-state index contributed by atoms with van der Waals surface area (Å²) in [6.45, 7) is 1.10. The molecule has 0 spiro atoms. The predicted molar refractivity (Wildman–Crippen MR) is 70.3 cm³/mol. The number of hydrogen-bond donors (Lipinski definition) is 1. The van der Waals surface area contributed by atoms with E-state index in [9.17, 15) is 9.18 Å². The molecule has 1 atom stereocenters. The largest absolute Gasteiger partial charge is 0.480 e. The van der Waals surface area contributed by atoms with E-state index in [-0.39, 0.29) is 5.56 Å². The number of carboxylic acids is 1. The van der Waals surface area contributed by atoms with Crippen LogP contribution in [-0.4, -0.2) is 40.1 Å². The molecule has 0 amide bonds. The molecular formula is C13H13FN2O2S. The molecule has 6 heteroatoms. The van der Waals surface area contributed by atoms with Gasteiger partial charge >= 0.3 is 5.97 Å². The number of thioether (sulfide) groups is 1. The quantitative estimate of drug-likeness (QED) is 0.913. The second kappa shape index (κ2) is 6.04. The highest BCUT2D eigenvalue weighted by Crippen LogP contribution is 2.20. The molecule has 0 aliphatic carbocycles. The van der Waals surface area contributed by atoms with Crippen molar-refractivity contribution in [2.24, 2.45) is 0 Å². The number of rotatable bonds is 3. The first-order valence-electron chi connectivity index (χ1n) is 5.85.